The van der Waals surface area contributed by atoms with Gasteiger partial charge in [-0.05, 0) is 29.8 Å². The van der Waals surface area contributed by atoms with Gasteiger partial charge < -0.3 is 20.3 Å². The van der Waals surface area contributed by atoms with Gasteiger partial charge in [-0.25, -0.2) is 4.79 Å². The van der Waals surface area contributed by atoms with Crippen molar-refractivity contribution in [2.75, 3.05) is 26.2 Å². The first-order valence-corrected chi connectivity index (χ1v) is 10.9. The Bertz CT molecular complexity index is 1050. The number of hydrogen-bond donors (Lipinski definition) is 3. The second-order valence-corrected chi connectivity index (χ2v) is 7.66. The highest BCUT2D eigenvalue weighted by Gasteiger charge is 2.22. The summed E-state index contributed by atoms with van der Waals surface area (Å²) in [4.78, 5) is 31.2. The van der Waals surface area contributed by atoms with Crippen molar-refractivity contribution in [3.8, 4) is 5.75 Å². The monoisotopic (exact) mass is 517 g/mol. The summed E-state index contributed by atoms with van der Waals surface area (Å²) in [5, 5.41) is 9.11. The zero-order chi connectivity index (χ0) is 22.9. The normalized spacial score (nSPS) is 13.4. The van der Waals surface area contributed by atoms with E-state index in [-0.39, 0.29) is 36.8 Å². The smallest absolute Gasteiger partial charge is 0.320 e. The predicted molar refractivity (Wildman–Crippen MR) is 139 cm³/mol. The molecule has 3 N–H and O–H groups in total. The van der Waals surface area contributed by atoms with Crippen molar-refractivity contribution in [3.05, 3.63) is 95.8 Å². The van der Waals surface area contributed by atoms with Crippen molar-refractivity contribution in [1.29, 1.82) is 0 Å². The third-order valence-corrected chi connectivity index (χ3v) is 5.32. The average Bonchev–Trinajstić information content (AvgIpc) is 2.88. The summed E-state index contributed by atoms with van der Waals surface area (Å²) in [5.41, 5.74) is 2.29. The van der Waals surface area contributed by atoms with E-state index in [4.69, 9.17) is 4.74 Å². The predicted octanol–water partition coefficient (Wildman–Crippen LogP) is 3.55. The van der Waals surface area contributed by atoms with Crippen molar-refractivity contribution in [1.82, 2.24) is 25.8 Å². The number of urea groups is 1. The SMILES string of the molecule is Cl.Cl.O=C(NCc1ccccc1)c1ccc(C(NC(=O)N2CCNCC2)Oc2cccnc2)cc1. The second-order valence-electron chi connectivity index (χ2n) is 7.66. The molecular weight excluding hydrogens is 489 g/mol. The molecule has 4 rings (SSSR count). The Hall–Kier alpha value is -3.33. The fourth-order valence-electron chi connectivity index (χ4n) is 3.49. The summed E-state index contributed by atoms with van der Waals surface area (Å²) in [6, 6.07) is 20.1. The minimum Gasteiger partial charge on any atom is -0.465 e. The van der Waals surface area contributed by atoms with Gasteiger partial charge in [-0.1, -0.05) is 42.5 Å². The maximum absolute atomic E-state index is 12.8. The van der Waals surface area contributed by atoms with Gasteiger partial charge >= 0.3 is 6.03 Å². The number of amides is 3. The molecule has 0 aliphatic carbocycles. The summed E-state index contributed by atoms with van der Waals surface area (Å²) >= 11 is 0. The number of pyridine rings is 1. The number of nitrogens with zero attached hydrogens (tertiary/aromatic N) is 2. The summed E-state index contributed by atoms with van der Waals surface area (Å²) < 4.78 is 6.03. The van der Waals surface area contributed by atoms with E-state index < -0.39 is 6.23 Å². The van der Waals surface area contributed by atoms with Gasteiger partial charge in [0.15, 0.2) is 6.23 Å². The average molecular weight is 518 g/mol. The molecule has 0 spiro atoms. The Morgan fingerprint density at radius 3 is 2.34 bits per heavy atom. The molecule has 1 atom stereocenters. The first kappa shape index (κ1) is 27.9. The number of carbonyl (C=O) groups excluding carboxylic acids is 2. The number of ether oxygens (including phenoxy) is 1. The summed E-state index contributed by atoms with van der Waals surface area (Å²) in [7, 11) is 0. The van der Waals surface area contributed by atoms with Crippen molar-refractivity contribution >= 4 is 36.8 Å². The number of aromatic nitrogens is 1. The van der Waals surface area contributed by atoms with E-state index in [9.17, 15) is 9.59 Å². The Labute approximate surface area is 217 Å². The molecule has 3 aromatic rings. The molecule has 0 bridgehead atoms. The maximum Gasteiger partial charge on any atom is 0.320 e. The van der Waals surface area contributed by atoms with Crippen LogP contribution in [0.15, 0.2) is 79.1 Å². The van der Waals surface area contributed by atoms with E-state index in [1.165, 1.54) is 0 Å². The highest BCUT2D eigenvalue weighted by Crippen LogP contribution is 2.20. The number of nitrogens with one attached hydrogen (secondary N) is 3. The largest absolute Gasteiger partial charge is 0.465 e. The van der Waals surface area contributed by atoms with Gasteiger partial charge in [-0.15, -0.1) is 24.8 Å². The van der Waals surface area contributed by atoms with Gasteiger partial charge in [-0.2, -0.15) is 0 Å². The molecule has 3 amide bonds. The maximum atomic E-state index is 12.8. The number of halogens is 2. The first-order valence-electron chi connectivity index (χ1n) is 10.9. The van der Waals surface area contributed by atoms with Gasteiger partial charge in [0, 0.05) is 50.0 Å². The second kappa shape index (κ2) is 14.2. The van der Waals surface area contributed by atoms with Crippen molar-refractivity contribution in [3.63, 3.8) is 0 Å². The molecule has 0 radical (unpaired) electrons. The quantitative estimate of drug-likeness (QED) is 0.416. The van der Waals surface area contributed by atoms with Crippen LogP contribution in [0.3, 0.4) is 0 Å². The fraction of sp³-hybridized carbons (Fsp3) is 0.240. The molecule has 1 aliphatic heterocycles. The van der Waals surface area contributed by atoms with Crippen LogP contribution in [-0.4, -0.2) is 48.0 Å². The molecular formula is C25H29Cl2N5O3. The first-order chi connectivity index (χ1) is 16.2. The number of benzene rings is 2. The lowest BCUT2D eigenvalue weighted by Crippen LogP contribution is -2.51. The van der Waals surface area contributed by atoms with Gasteiger partial charge in [0.2, 0.25) is 0 Å². The minimum absolute atomic E-state index is 0. The molecule has 0 saturated carbocycles. The van der Waals surface area contributed by atoms with Crippen LogP contribution in [0.1, 0.15) is 27.7 Å². The molecule has 1 aliphatic rings. The Balaban J connectivity index is 0.00000216. The van der Waals surface area contributed by atoms with Crippen molar-refractivity contribution < 1.29 is 14.3 Å². The van der Waals surface area contributed by atoms with Crippen LogP contribution in [0.5, 0.6) is 5.75 Å². The molecule has 8 nitrogen and oxygen atoms in total. The molecule has 1 saturated heterocycles. The number of hydrogen-bond acceptors (Lipinski definition) is 5. The summed E-state index contributed by atoms with van der Waals surface area (Å²) in [6.07, 6.45) is 2.53. The Morgan fingerprint density at radius 2 is 1.69 bits per heavy atom. The van der Waals surface area contributed by atoms with Crippen LogP contribution in [0, 0.1) is 0 Å². The molecule has 186 valence electrons. The van der Waals surface area contributed by atoms with E-state index in [1.54, 1.807) is 53.7 Å². The summed E-state index contributed by atoms with van der Waals surface area (Å²) in [6.45, 7) is 3.23. The molecule has 35 heavy (non-hydrogen) atoms. The highest BCUT2D eigenvalue weighted by molar-refractivity contribution is 5.94. The molecule has 2 aromatic carbocycles. The lowest BCUT2D eigenvalue weighted by molar-refractivity contribution is 0.0950. The summed E-state index contributed by atoms with van der Waals surface area (Å²) in [5.74, 6) is 0.368. The standard InChI is InChI=1S/C25H27N5O3.2ClH/c31-23(28-17-19-5-2-1-3-6-19)20-8-10-21(11-9-20)24(33-22-7-4-12-27-18-22)29-25(32)30-15-13-26-14-16-30;;/h1-12,18,24,26H,13-17H2,(H,28,31)(H,29,32);2*1H. The molecule has 2 heterocycles. The Kier molecular flexibility index (Phi) is 11.3. The van der Waals surface area contributed by atoms with Crippen molar-refractivity contribution in [2.24, 2.45) is 0 Å². The van der Waals surface area contributed by atoms with Gasteiger partial charge in [0.1, 0.15) is 5.75 Å². The van der Waals surface area contributed by atoms with Crippen LogP contribution in [-0.2, 0) is 6.54 Å². The van der Waals surface area contributed by atoms with E-state index in [1.807, 2.05) is 30.3 Å². The molecule has 1 aromatic heterocycles. The Morgan fingerprint density at radius 1 is 0.971 bits per heavy atom. The van der Waals surface area contributed by atoms with Gasteiger partial charge in [-0.3, -0.25) is 15.1 Å². The van der Waals surface area contributed by atoms with Gasteiger partial charge in [0.25, 0.3) is 5.91 Å². The van der Waals surface area contributed by atoms with Crippen LogP contribution < -0.4 is 20.7 Å². The topological polar surface area (TPSA) is 95.6 Å². The van der Waals surface area contributed by atoms with E-state index in [0.717, 1.165) is 24.2 Å². The lowest BCUT2D eigenvalue weighted by atomic mass is 10.1. The highest BCUT2D eigenvalue weighted by atomic mass is 35.5. The van der Waals surface area contributed by atoms with Gasteiger partial charge in [0.05, 0.1) is 6.20 Å². The molecule has 1 unspecified atom stereocenters. The molecule has 10 heteroatoms. The molecule has 1 fully saturated rings. The van der Waals surface area contributed by atoms with E-state index in [0.29, 0.717) is 30.9 Å². The van der Waals surface area contributed by atoms with Crippen LogP contribution in [0.4, 0.5) is 4.79 Å². The third-order valence-electron chi connectivity index (χ3n) is 5.32. The zero-order valence-corrected chi connectivity index (χ0v) is 20.7. The minimum atomic E-state index is -0.724. The van der Waals surface area contributed by atoms with E-state index >= 15 is 0 Å². The number of rotatable bonds is 7. The number of carbonyl (C=O) groups is 2. The van der Waals surface area contributed by atoms with Crippen molar-refractivity contribution in [2.45, 2.75) is 12.8 Å². The fourth-order valence-corrected chi connectivity index (χ4v) is 3.49. The lowest BCUT2D eigenvalue weighted by Gasteiger charge is -2.30. The van der Waals surface area contributed by atoms with Crippen LogP contribution in [0.2, 0.25) is 0 Å². The third kappa shape index (κ3) is 8.13. The van der Waals surface area contributed by atoms with Crippen LogP contribution >= 0.6 is 24.8 Å². The number of piperazine rings is 1. The zero-order valence-electron chi connectivity index (χ0n) is 19.1. The van der Waals surface area contributed by atoms with Crippen LogP contribution in [0.25, 0.3) is 0 Å². The van der Waals surface area contributed by atoms with E-state index in [2.05, 4.69) is 20.9 Å².